The molecule has 6 heteroatoms. The minimum absolute atomic E-state index is 0. The molecule has 0 fully saturated rings. The molecule has 2 rings (SSSR count). The highest BCUT2D eigenvalue weighted by Crippen LogP contribution is 2.32. The first-order chi connectivity index (χ1) is 10.7. The van der Waals surface area contributed by atoms with Gasteiger partial charge in [-0.1, -0.05) is 41.4 Å². The summed E-state index contributed by atoms with van der Waals surface area (Å²) in [6, 6.07) is 11.5. The van der Waals surface area contributed by atoms with E-state index in [4.69, 9.17) is 32.7 Å². The molecule has 0 unspecified atom stereocenters. The summed E-state index contributed by atoms with van der Waals surface area (Å²) in [5, 5.41) is 4.50. The predicted octanol–water partition coefficient (Wildman–Crippen LogP) is 5.11. The van der Waals surface area contributed by atoms with Gasteiger partial charge in [-0.25, -0.2) is 0 Å². The first-order valence-corrected chi connectivity index (χ1v) is 7.84. The Hall–Kier alpha value is -1.13. The van der Waals surface area contributed by atoms with Gasteiger partial charge in [0.1, 0.15) is 11.5 Å². The van der Waals surface area contributed by atoms with Gasteiger partial charge < -0.3 is 14.8 Å². The molecule has 0 amide bonds. The third kappa shape index (κ3) is 5.47. The predicted molar refractivity (Wildman–Crippen MR) is 98.4 cm³/mol. The van der Waals surface area contributed by atoms with Gasteiger partial charge >= 0.3 is 0 Å². The largest absolute Gasteiger partial charge is 0.496 e. The van der Waals surface area contributed by atoms with E-state index in [1.165, 1.54) is 0 Å². The van der Waals surface area contributed by atoms with Crippen molar-refractivity contribution < 1.29 is 9.47 Å². The Morgan fingerprint density at radius 2 is 1.74 bits per heavy atom. The van der Waals surface area contributed by atoms with Crippen molar-refractivity contribution >= 4 is 35.6 Å². The first kappa shape index (κ1) is 19.9. The van der Waals surface area contributed by atoms with E-state index in [1.807, 2.05) is 37.3 Å². The molecule has 2 aromatic rings. The highest BCUT2D eigenvalue weighted by atomic mass is 35.5. The van der Waals surface area contributed by atoms with Crippen molar-refractivity contribution in [2.45, 2.75) is 20.0 Å². The molecule has 0 aliphatic heterocycles. The molecular weight excluding hydrogens is 357 g/mol. The number of hydrogen-bond acceptors (Lipinski definition) is 3. The minimum Gasteiger partial charge on any atom is -0.496 e. The van der Waals surface area contributed by atoms with Gasteiger partial charge in [-0.3, -0.25) is 0 Å². The van der Waals surface area contributed by atoms with Gasteiger partial charge in [-0.05, 0) is 25.1 Å². The SMILES string of the molecule is CCOc1c(Cl)cc(Cl)cc1CNCc1ccccc1OC.Cl. The minimum atomic E-state index is 0. The molecule has 0 aliphatic rings. The first-order valence-electron chi connectivity index (χ1n) is 7.09. The zero-order valence-electron chi connectivity index (χ0n) is 13.1. The van der Waals surface area contributed by atoms with Crippen LogP contribution in [0.5, 0.6) is 11.5 Å². The van der Waals surface area contributed by atoms with E-state index < -0.39 is 0 Å². The second-order valence-electron chi connectivity index (χ2n) is 4.72. The summed E-state index contributed by atoms with van der Waals surface area (Å²) in [6.07, 6.45) is 0. The van der Waals surface area contributed by atoms with Crippen LogP contribution in [0.15, 0.2) is 36.4 Å². The fourth-order valence-electron chi connectivity index (χ4n) is 2.23. The number of rotatable bonds is 7. The summed E-state index contributed by atoms with van der Waals surface area (Å²) in [6.45, 7) is 3.77. The Labute approximate surface area is 153 Å². The van der Waals surface area contributed by atoms with Gasteiger partial charge in [0.2, 0.25) is 0 Å². The van der Waals surface area contributed by atoms with Crippen molar-refractivity contribution in [3.05, 3.63) is 57.6 Å². The number of hydrogen-bond donors (Lipinski definition) is 1. The van der Waals surface area contributed by atoms with Crippen LogP contribution in [0.2, 0.25) is 10.0 Å². The topological polar surface area (TPSA) is 30.5 Å². The number of ether oxygens (including phenoxy) is 2. The zero-order chi connectivity index (χ0) is 15.9. The van der Waals surface area contributed by atoms with Gasteiger partial charge in [-0.15, -0.1) is 12.4 Å². The van der Waals surface area contributed by atoms with Crippen molar-refractivity contribution in [3.8, 4) is 11.5 Å². The average Bonchev–Trinajstić information content (AvgIpc) is 2.51. The van der Waals surface area contributed by atoms with Crippen LogP contribution in [0.4, 0.5) is 0 Å². The fraction of sp³-hybridized carbons (Fsp3) is 0.294. The number of methoxy groups -OCH3 is 1. The molecule has 0 saturated heterocycles. The van der Waals surface area contributed by atoms with E-state index in [0.29, 0.717) is 35.5 Å². The van der Waals surface area contributed by atoms with Gasteiger partial charge in [0.25, 0.3) is 0 Å². The van der Waals surface area contributed by atoms with Gasteiger partial charge in [0.15, 0.2) is 0 Å². The summed E-state index contributed by atoms with van der Waals surface area (Å²) in [7, 11) is 1.67. The van der Waals surface area contributed by atoms with Crippen LogP contribution in [0, 0.1) is 0 Å². The second-order valence-corrected chi connectivity index (χ2v) is 5.57. The number of halogens is 3. The zero-order valence-corrected chi connectivity index (χ0v) is 15.4. The van der Waals surface area contributed by atoms with Crippen LogP contribution in [0.3, 0.4) is 0 Å². The van der Waals surface area contributed by atoms with E-state index in [0.717, 1.165) is 16.9 Å². The van der Waals surface area contributed by atoms with Crippen molar-refractivity contribution in [1.29, 1.82) is 0 Å². The van der Waals surface area contributed by atoms with Crippen molar-refractivity contribution in [1.82, 2.24) is 5.32 Å². The van der Waals surface area contributed by atoms with Crippen molar-refractivity contribution in [2.24, 2.45) is 0 Å². The molecular formula is C17H20Cl3NO2. The molecule has 0 heterocycles. The number of benzene rings is 2. The molecule has 0 bridgehead atoms. The molecule has 2 aromatic carbocycles. The Kier molecular flexibility index (Phi) is 8.56. The monoisotopic (exact) mass is 375 g/mol. The molecule has 0 aromatic heterocycles. The van der Waals surface area contributed by atoms with Crippen LogP contribution in [-0.2, 0) is 13.1 Å². The normalized spacial score (nSPS) is 10.1. The Bertz CT molecular complexity index is 635. The lowest BCUT2D eigenvalue weighted by molar-refractivity contribution is 0.335. The van der Waals surface area contributed by atoms with Gasteiger partial charge in [0.05, 0.1) is 18.7 Å². The van der Waals surface area contributed by atoms with Gasteiger partial charge in [-0.2, -0.15) is 0 Å². The smallest absolute Gasteiger partial charge is 0.142 e. The Morgan fingerprint density at radius 3 is 2.43 bits per heavy atom. The number of nitrogens with one attached hydrogen (secondary N) is 1. The van der Waals surface area contributed by atoms with Crippen LogP contribution in [-0.4, -0.2) is 13.7 Å². The molecule has 0 aliphatic carbocycles. The maximum absolute atomic E-state index is 6.20. The molecule has 1 N–H and O–H groups in total. The standard InChI is InChI=1S/C17H19Cl2NO2.ClH/c1-3-22-17-13(8-14(18)9-15(17)19)11-20-10-12-6-4-5-7-16(12)21-2;/h4-9,20H,3,10-11H2,1-2H3;1H. The lowest BCUT2D eigenvalue weighted by atomic mass is 10.1. The van der Waals surface area contributed by atoms with E-state index in [-0.39, 0.29) is 12.4 Å². The van der Waals surface area contributed by atoms with Crippen LogP contribution >= 0.6 is 35.6 Å². The summed E-state index contributed by atoms with van der Waals surface area (Å²) < 4.78 is 11.0. The third-order valence-corrected chi connectivity index (χ3v) is 3.70. The highest BCUT2D eigenvalue weighted by Gasteiger charge is 2.10. The maximum Gasteiger partial charge on any atom is 0.142 e. The lowest BCUT2D eigenvalue weighted by Crippen LogP contribution is -2.14. The average molecular weight is 377 g/mol. The molecule has 0 spiro atoms. The summed E-state index contributed by atoms with van der Waals surface area (Å²) in [5.74, 6) is 1.55. The van der Waals surface area contributed by atoms with Crippen LogP contribution in [0.1, 0.15) is 18.1 Å². The molecule has 126 valence electrons. The molecule has 3 nitrogen and oxygen atoms in total. The number of para-hydroxylation sites is 1. The van der Waals surface area contributed by atoms with Crippen molar-refractivity contribution in [2.75, 3.05) is 13.7 Å². The van der Waals surface area contributed by atoms with E-state index >= 15 is 0 Å². The van der Waals surface area contributed by atoms with Crippen LogP contribution in [0.25, 0.3) is 0 Å². The molecule has 0 radical (unpaired) electrons. The lowest BCUT2D eigenvalue weighted by Gasteiger charge is -2.14. The Morgan fingerprint density at radius 1 is 1.04 bits per heavy atom. The quantitative estimate of drug-likeness (QED) is 0.728. The summed E-state index contributed by atoms with van der Waals surface area (Å²) in [4.78, 5) is 0. The summed E-state index contributed by atoms with van der Waals surface area (Å²) >= 11 is 12.3. The molecule has 23 heavy (non-hydrogen) atoms. The van der Waals surface area contributed by atoms with E-state index in [1.54, 1.807) is 13.2 Å². The molecule has 0 saturated carbocycles. The highest BCUT2D eigenvalue weighted by molar-refractivity contribution is 6.35. The Balaban J connectivity index is 0.00000264. The summed E-state index contributed by atoms with van der Waals surface area (Å²) in [5.41, 5.74) is 2.03. The molecule has 0 atom stereocenters. The van der Waals surface area contributed by atoms with Gasteiger partial charge in [0, 0.05) is 29.2 Å². The second kappa shape index (κ2) is 9.89. The van der Waals surface area contributed by atoms with E-state index in [2.05, 4.69) is 5.32 Å². The maximum atomic E-state index is 6.20. The van der Waals surface area contributed by atoms with E-state index in [9.17, 15) is 0 Å². The fourth-order valence-corrected chi connectivity index (χ4v) is 2.82. The third-order valence-electron chi connectivity index (χ3n) is 3.20. The van der Waals surface area contributed by atoms with Crippen LogP contribution < -0.4 is 14.8 Å². The van der Waals surface area contributed by atoms with Crippen molar-refractivity contribution in [3.63, 3.8) is 0 Å².